The summed E-state index contributed by atoms with van der Waals surface area (Å²) in [6, 6.07) is 5.96. The number of carboxylic acids is 1. The Morgan fingerprint density at radius 3 is 3.00 bits per heavy atom. The highest BCUT2D eigenvalue weighted by molar-refractivity contribution is 8.26. The second kappa shape index (κ2) is 8.22. The lowest BCUT2D eigenvalue weighted by Gasteiger charge is -2.14. The number of aliphatic carboxylic acids is 1. The quantitative estimate of drug-likeness (QED) is 0.405. The van der Waals surface area contributed by atoms with Crippen LogP contribution < -0.4 is 9.84 Å². The van der Waals surface area contributed by atoms with Crippen LogP contribution >= 0.6 is 24.0 Å². The number of unbranched alkanes of at least 4 members (excludes halogenated alkanes) is 2. The predicted molar refractivity (Wildman–Crippen MR) is 104 cm³/mol. The number of fused-ring (bicyclic) bond motifs is 1. The van der Waals surface area contributed by atoms with E-state index in [1.165, 1.54) is 11.8 Å². The van der Waals surface area contributed by atoms with E-state index in [0.717, 1.165) is 36.1 Å². The van der Waals surface area contributed by atoms with Crippen LogP contribution in [0.5, 0.6) is 5.75 Å². The second-order valence-electron chi connectivity index (χ2n) is 6.52. The summed E-state index contributed by atoms with van der Waals surface area (Å²) in [5.41, 5.74) is 2.13. The van der Waals surface area contributed by atoms with Crippen LogP contribution in [0.25, 0.3) is 6.08 Å². The van der Waals surface area contributed by atoms with Gasteiger partial charge < -0.3 is 14.6 Å². The SMILES string of the molecule is C[C@@H]1Cc2cc(/C=C3/SC(=S)N(CCCCCC(=O)[O-])C3=O)ccc2O1. The number of nitrogens with zero attached hydrogens (tertiary/aromatic N) is 1. The fraction of sp³-hybridized carbons (Fsp3) is 0.421. The Balaban J connectivity index is 1.60. The van der Waals surface area contributed by atoms with Gasteiger partial charge in [0.2, 0.25) is 0 Å². The van der Waals surface area contributed by atoms with E-state index in [-0.39, 0.29) is 18.4 Å². The topological polar surface area (TPSA) is 69.7 Å². The van der Waals surface area contributed by atoms with Crippen molar-refractivity contribution in [2.75, 3.05) is 6.54 Å². The molecule has 26 heavy (non-hydrogen) atoms. The Morgan fingerprint density at radius 1 is 1.42 bits per heavy atom. The Morgan fingerprint density at radius 2 is 2.23 bits per heavy atom. The summed E-state index contributed by atoms with van der Waals surface area (Å²) in [4.78, 5) is 25.2. The number of benzene rings is 1. The minimum atomic E-state index is -1.03. The van der Waals surface area contributed by atoms with E-state index in [1.807, 2.05) is 25.1 Å². The van der Waals surface area contributed by atoms with Gasteiger partial charge in [-0.15, -0.1) is 0 Å². The number of carbonyl (C=O) groups is 2. The van der Waals surface area contributed by atoms with E-state index < -0.39 is 5.97 Å². The van der Waals surface area contributed by atoms with Crippen LogP contribution in [0.15, 0.2) is 23.1 Å². The molecule has 138 valence electrons. The Bertz CT molecular complexity index is 775. The van der Waals surface area contributed by atoms with Gasteiger partial charge >= 0.3 is 0 Å². The molecule has 0 radical (unpaired) electrons. The molecule has 0 spiro atoms. The number of hydrogen-bond donors (Lipinski definition) is 0. The zero-order valence-electron chi connectivity index (χ0n) is 14.5. The molecule has 3 rings (SSSR count). The van der Waals surface area contributed by atoms with E-state index >= 15 is 0 Å². The summed E-state index contributed by atoms with van der Waals surface area (Å²) in [5, 5.41) is 10.4. The molecule has 2 heterocycles. The molecule has 5 nitrogen and oxygen atoms in total. The van der Waals surface area contributed by atoms with Crippen molar-refractivity contribution in [1.29, 1.82) is 0 Å². The normalized spacial score (nSPS) is 20.6. The molecule has 2 aliphatic heterocycles. The molecule has 0 aromatic heterocycles. The van der Waals surface area contributed by atoms with Crippen LogP contribution in [0.3, 0.4) is 0 Å². The second-order valence-corrected chi connectivity index (χ2v) is 8.19. The minimum Gasteiger partial charge on any atom is -0.550 e. The lowest BCUT2D eigenvalue weighted by Crippen LogP contribution is -2.29. The summed E-state index contributed by atoms with van der Waals surface area (Å²) in [7, 11) is 0. The zero-order chi connectivity index (χ0) is 18.7. The highest BCUT2D eigenvalue weighted by atomic mass is 32.2. The zero-order valence-corrected chi connectivity index (χ0v) is 16.2. The van der Waals surface area contributed by atoms with Crippen molar-refractivity contribution in [3.8, 4) is 5.75 Å². The van der Waals surface area contributed by atoms with Gasteiger partial charge in [0, 0.05) is 18.9 Å². The maximum Gasteiger partial charge on any atom is 0.266 e. The van der Waals surface area contributed by atoms with Gasteiger partial charge in [-0.25, -0.2) is 0 Å². The number of rotatable bonds is 7. The summed E-state index contributed by atoms with van der Waals surface area (Å²) >= 11 is 6.64. The molecule has 1 saturated heterocycles. The number of thiocarbonyl (C=S) groups is 1. The Kier molecular flexibility index (Phi) is 5.98. The van der Waals surface area contributed by atoms with Crippen molar-refractivity contribution in [2.24, 2.45) is 0 Å². The summed E-state index contributed by atoms with van der Waals surface area (Å²) in [6.45, 7) is 2.56. The maximum absolute atomic E-state index is 12.6. The van der Waals surface area contributed by atoms with E-state index in [4.69, 9.17) is 17.0 Å². The van der Waals surface area contributed by atoms with Gasteiger partial charge in [0.15, 0.2) is 0 Å². The lowest BCUT2D eigenvalue weighted by atomic mass is 10.1. The van der Waals surface area contributed by atoms with Crippen LogP contribution in [0.4, 0.5) is 0 Å². The van der Waals surface area contributed by atoms with Crippen molar-refractivity contribution < 1.29 is 19.4 Å². The van der Waals surface area contributed by atoms with Crippen molar-refractivity contribution in [2.45, 2.75) is 45.1 Å². The van der Waals surface area contributed by atoms with Crippen LogP contribution in [-0.2, 0) is 16.0 Å². The third kappa shape index (κ3) is 4.45. The van der Waals surface area contributed by atoms with Crippen LogP contribution in [0, 0.1) is 0 Å². The van der Waals surface area contributed by atoms with Gasteiger partial charge in [0.05, 0.1) is 4.91 Å². The first-order chi connectivity index (χ1) is 12.4. The largest absolute Gasteiger partial charge is 0.550 e. The fourth-order valence-corrected chi connectivity index (χ4v) is 4.40. The third-order valence-corrected chi connectivity index (χ3v) is 5.73. The first kappa shape index (κ1) is 18.9. The highest BCUT2D eigenvalue weighted by Gasteiger charge is 2.31. The standard InChI is InChI=1S/C19H21NO4S2/c1-12-9-14-10-13(6-7-15(14)24-12)11-16-18(23)20(19(25)26-16)8-4-2-3-5-17(21)22/h6-7,10-12H,2-5,8-9H2,1H3,(H,21,22)/p-1/b16-11+/t12-/m1/s1. The average Bonchev–Trinajstić information content (AvgIpc) is 3.07. The molecular weight excluding hydrogens is 370 g/mol. The lowest BCUT2D eigenvalue weighted by molar-refractivity contribution is -0.305. The monoisotopic (exact) mass is 390 g/mol. The van der Waals surface area contributed by atoms with Crippen LogP contribution in [0.2, 0.25) is 0 Å². The van der Waals surface area contributed by atoms with E-state index in [0.29, 0.717) is 22.2 Å². The molecule has 2 aliphatic rings. The van der Waals surface area contributed by atoms with Gasteiger partial charge in [-0.1, -0.05) is 36.5 Å². The molecule has 0 saturated carbocycles. The number of ether oxygens (including phenoxy) is 1. The summed E-state index contributed by atoms with van der Waals surface area (Å²) in [5.74, 6) is -0.198. The molecule has 1 aromatic rings. The van der Waals surface area contributed by atoms with E-state index in [9.17, 15) is 14.7 Å². The summed E-state index contributed by atoms with van der Waals surface area (Å²) < 4.78 is 6.26. The van der Waals surface area contributed by atoms with Crippen molar-refractivity contribution >= 4 is 46.3 Å². The first-order valence-corrected chi connectivity index (χ1v) is 9.91. The maximum atomic E-state index is 12.6. The molecule has 1 aromatic carbocycles. The molecule has 1 atom stereocenters. The molecule has 0 N–H and O–H groups in total. The number of carboxylic acid groups (broad SMARTS) is 1. The minimum absolute atomic E-state index is 0.0545. The smallest absolute Gasteiger partial charge is 0.266 e. The van der Waals surface area contributed by atoms with Crippen LogP contribution in [-0.4, -0.2) is 33.7 Å². The summed E-state index contributed by atoms with van der Waals surface area (Å²) in [6.07, 6.45) is 5.01. The molecule has 1 fully saturated rings. The highest BCUT2D eigenvalue weighted by Crippen LogP contribution is 2.35. The Labute approximate surface area is 162 Å². The van der Waals surface area contributed by atoms with Crippen molar-refractivity contribution in [1.82, 2.24) is 4.90 Å². The van der Waals surface area contributed by atoms with E-state index in [2.05, 4.69) is 6.07 Å². The number of hydrogen-bond acceptors (Lipinski definition) is 6. The number of carbonyl (C=O) groups excluding carboxylic acids is 2. The van der Waals surface area contributed by atoms with Gasteiger partial charge in [-0.2, -0.15) is 0 Å². The van der Waals surface area contributed by atoms with Gasteiger partial charge in [0.1, 0.15) is 16.2 Å². The van der Waals surface area contributed by atoms with Crippen molar-refractivity contribution in [3.05, 3.63) is 34.2 Å². The molecule has 0 bridgehead atoms. The van der Waals surface area contributed by atoms with Gasteiger partial charge in [0.25, 0.3) is 5.91 Å². The molecule has 1 amide bonds. The molecule has 0 unspecified atom stereocenters. The molecular formula is C19H20NO4S2-. The Hall–Kier alpha value is -1.86. The fourth-order valence-electron chi connectivity index (χ4n) is 3.09. The van der Waals surface area contributed by atoms with E-state index in [1.54, 1.807) is 4.90 Å². The van der Waals surface area contributed by atoms with Gasteiger partial charge in [-0.05, 0) is 55.5 Å². The van der Waals surface area contributed by atoms with Crippen molar-refractivity contribution in [3.63, 3.8) is 0 Å². The molecule has 0 aliphatic carbocycles. The predicted octanol–water partition coefficient (Wildman–Crippen LogP) is 2.52. The molecule has 7 heteroatoms. The first-order valence-electron chi connectivity index (χ1n) is 8.69. The van der Waals surface area contributed by atoms with Gasteiger partial charge in [-0.3, -0.25) is 9.69 Å². The number of thioether (sulfide) groups is 1. The third-order valence-electron chi connectivity index (χ3n) is 4.35. The van der Waals surface area contributed by atoms with Crippen LogP contribution in [0.1, 0.15) is 43.7 Å². The average molecular weight is 391 g/mol. The number of amides is 1.